The summed E-state index contributed by atoms with van der Waals surface area (Å²) < 4.78 is 16.2. The van der Waals surface area contributed by atoms with Crippen molar-refractivity contribution in [2.24, 2.45) is 0 Å². The van der Waals surface area contributed by atoms with Crippen molar-refractivity contribution < 1.29 is 19.0 Å². The topological polar surface area (TPSA) is 63.3 Å². The first kappa shape index (κ1) is 20.5. The highest BCUT2D eigenvalue weighted by Crippen LogP contribution is 2.32. The van der Waals surface area contributed by atoms with Gasteiger partial charge in [-0.15, -0.1) is 0 Å². The van der Waals surface area contributed by atoms with Crippen LogP contribution in [0.4, 0.5) is 0 Å². The number of nitrogens with zero attached hydrogens (tertiary/aromatic N) is 2. The lowest BCUT2D eigenvalue weighted by Gasteiger charge is -2.34. The molecule has 0 spiro atoms. The van der Waals surface area contributed by atoms with Gasteiger partial charge >= 0.3 is 0 Å². The van der Waals surface area contributed by atoms with Gasteiger partial charge in [0.05, 0.1) is 13.7 Å². The highest BCUT2D eigenvalue weighted by Gasteiger charge is 2.20. The molecule has 1 fully saturated rings. The van der Waals surface area contributed by atoms with Crippen LogP contribution >= 0.6 is 0 Å². The summed E-state index contributed by atoms with van der Waals surface area (Å²) in [6.45, 7) is 5.93. The molecule has 7 nitrogen and oxygen atoms in total. The summed E-state index contributed by atoms with van der Waals surface area (Å²) in [6, 6.07) is 14.0. The molecular formula is C23H29N3O4. The molecule has 1 saturated heterocycles. The number of fused-ring (bicyclic) bond motifs is 1. The van der Waals surface area contributed by atoms with E-state index in [1.165, 1.54) is 5.56 Å². The number of amides is 1. The molecule has 1 N–H and O–H groups in total. The first-order chi connectivity index (χ1) is 14.7. The van der Waals surface area contributed by atoms with Gasteiger partial charge in [-0.25, -0.2) is 0 Å². The predicted molar refractivity (Wildman–Crippen MR) is 114 cm³/mol. The quantitative estimate of drug-likeness (QED) is 0.716. The molecule has 4 rings (SSSR count). The number of para-hydroxylation sites is 1. The van der Waals surface area contributed by atoms with Crippen molar-refractivity contribution in [1.29, 1.82) is 0 Å². The number of carbonyl (C=O) groups excluding carboxylic acids is 1. The number of methoxy groups -OCH3 is 1. The van der Waals surface area contributed by atoms with E-state index in [0.717, 1.165) is 62.0 Å². The van der Waals surface area contributed by atoms with E-state index in [-0.39, 0.29) is 5.91 Å². The van der Waals surface area contributed by atoms with E-state index in [1.807, 2.05) is 30.3 Å². The third-order valence-electron chi connectivity index (χ3n) is 5.58. The Hall–Kier alpha value is -2.77. The molecule has 7 heteroatoms. The van der Waals surface area contributed by atoms with E-state index >= 15 is 0 Å². The van der Waals surface area contributed by atoms with Crippen molar-refractivity contribution in [3.05, 3.63) is 53.6 Å². The van der Waals surface area contributed by atoms with Gasteiger partial charge in [0, 0.05) is 39.3 Å². The lowest BCUT2D eigenvalue weighted by atomic mass is 10.1. The molecule has 2 aromatic rings. The summed E-state index contributed by atoms with van der Waals surface area (Å²) in [5.41, 5.74) is 2.33. The van der Waals surface area contributed by atoms with E-state index < -0.39 is 0 Å². The van der Waals surface area contributed by atoms with Gasteiger partial charge in [-0.2, -0.15) is 0 Å². The van der Waals surface area contributed by atoms with E-state index in [4.69, 9.17) is 14.2 Å². The SMILES string of the molecule is COc1ccccc1CCNC(=O)CN1CCN(Cc2ccc3c(c2)OCO3)CC1. The Morgan fingerprint density at radius 2 is 1.80 bits per heavy atom. The van der Waals surface area contributed by atoms with Gasteiger partial charge in [0.15, 0.2) is 11.5 Å². The molecule has 0 saturated carbocycles. The fourth-order valence-electron chi connectivity index (χ4n) is 3.91. The highest BCUT2D eigenvalue weighted by molar-refractivity contribution is 5.78. The minimum absolute atomic E-state index is 0.0779. The molecule has 0 atom stereocenters. The largest absolute Gasteiger partial charge is 0.496 e. The average molecular weight is 412 g/mol. The third kappa shape index (κ3) is 5.23. The molecule has 2 aliphatic rings. The van der Waals surface area contributed by atoms with Crippen molar-refractivity contribution in [3.8, 4) is 17.2 Å². The molecule has 2 heterocycles. The molecule has 2 aromatic carbocycles. The van der Waals surface area contributed by atoms with Gasteiger partial charge in [0.25, 0.3) is 0 Å². The van der Waals surface area contributed by atoms with Crippen LogP contribution in [0, 0.1) is 0 Å². The smallest absolute Gasteiger partial charge is 0.234 e. The number of hydrogen-bond donors (Lipinski definition) is 1. The first-order valence-corrected chi connectivity index (χ1v) is 10.4. The van der Waals surface area contributed by atoms with E-state index in [1.54, 1.807) is 7.11 Å². The maximum absolute atomic E-state index is 12.3. The van der Waals surface area contributed by atoms with Gasteiger partial charge < -0.3 is 19.5 Å². The summed E-state index contributed by atoms with van der Waals surface area (Å²) in [6.07, 6.45) is 0.763. The zero-order chi connectivity index (χ0) is 20.8. The second kappa shape index (κ2) is 9.82. The van der Waals surface area contributed by atoms with Crippen LogP contribution in [-0.2, 0) is 17.8 Å². The Kier molecular flexibility index (Phi) is 6.71. The van der Waals surface area contributed by atoms with Crippen molar-refractivity contribution in [2.45, 2.75) is 13.0 Å². The minimum atomic E-state index is 0.0779. The van der Waals surface area contributed by atoms with Crippen LogP contribution < -0.4 is 19.5 Å². The van der Waals surface area contributed by atoms with E-state index in [0.29, 0.717) is 19.9 Å². The first-order valence-electron chi connectivity index (χ1n) is 10.4. The monoisotopic (exact) mass is 411 g/mol. The number of rotatable bonds is 8. The van der Waals surface area contributed by atoms with Crippen LogP contribution in [-0.4, -0.2) is 68.9 Å². The van der Waals surface area contributed by atoms with Crippen LogP contribution in [0.15, 0.2) is 42.5 Å². The van der Waals surface area contributed by atoms with Crippen molar-refractivity contribution in [3.63, 3.8) is 0 Å². The Labute approximate surface area is 177 Å². The maximum Gasteiger partial charge on any atom is 0.234 e. The minimum Gasteiger partial charge on any atom is -0.496 e. The summed E-state index contributed by atoms with van der Waals surface area (Å²) in [5.74, 6) is 2.59. The van der Waals surface area contributed by atoms with Gasteiger partial charge in [-0.05, 0) is 35.7 Å². The predicted octanol–water partition coefficient (Wildman–Crippen LogP) is 1.90. The average Bonchev–Trinajstić information content (AvgIpc) is 3.23. The summed E-state index contributed by atoms with van der Waals surface area (Å²) >= 11 is 0. The zero-order valence-corrected chi connectivity index (χ0v) is 17.4. The Morgan fingerprint density at radius 3 is 2.63 bits per heavy atom. The van der Waals surface area contributed by atoms with Crippen LogP contribution in [0.2, 0.25) is 0 Å². The van der Waals surface area contributed by atoms with Gasteiger partial charge in [-0.1, -0.05) is 24.3 Å². The molecule has 0 bridgehead atoms. The molecule has 1 amide bonds. The van der Waals surface area contributed by atoms with Crippen LogP contribution in [0.25, 0.3) is 0 Å². The Morgan fingerprint density at radius 1 is 1.03 bits per heavy atom. The molecule has 0 aromatic heterocycles. The summed E-state index contributed by atoms with van der Waals surface area (Å²) in [4.78, 5) is 16.9. The maximum atomic E-state index is 12.3. The lowest BCUT2D eigenvalue weighted by molar-refractivity contribution is -0.122. The fraction of sp³-hybridized carbons (Fsp3) is 0.435. The molecule has 160 valence electrons. The number of ether oxygens (including phenoxy) is 3. The summed E-state index contributed by atoms with van der Waals surface area (Å²) in [5, 5.41) is 3.03. The van der Waals surface area contributed by atoms with Crippen LogP contribution in [0.1, 0.15) is 11.1 Å². The molecule has 2 aliphatic heterocycles. The molecule has 0 aliphatic carbocycles. The molecule has 30 heavy (non-hydrogen) atoms. The Bertz CT molecular complexity index is 865. The number of nitrogens with one attached hydrogen (secondary N) is 1. The van der Waals surface area contributed by atoms with E-state index in [2.05, 4.69) is 27.2 Å². The zero-order valence-electron chi connectivity index (χ0n) is 17.4. The standard InChI is InChI=1S/C23H29N3O4/c1-28-20-5-3-2-4-19(20)8-9-24-23(27)16-26-12-10-25(11-13-26)15-18-6-7-21-22(14-18)30-17-29-21/h2-7,14H,8-13,15-17H2,1H3,(H,24,27). The third-order valence-corrected chi connectivity index (χ3v) is 5.58. The summed E-state index contributed by atoms with van der Waals surface area (Å²) in [7, 11) is 1.67. The van der Waals surface area contributed by atoms with Gasteiger partial charge in [-0.3, -0.25) is 14.6 Å². The highest BCUT2D eigenvalue weighted by atomic mass is 16.7. The number of hydrogen-bond acceptors (Lipinski definition) is 6. The Balaban J connectivity index is 1.16. The van der Waals surface area contributed by atoms with Crippen LogP contribution in [0.3, 0.4) is 0 Å². The second-order valence-electron chi connectivity index (χ2n) is 7.65. The lowest BCUT2D eigenvalue weighted by Crippen LogP contribution is -2.49. The van der Waals surface area contributed by atoms with Crippen molar-refractivity contribution in [2.75, 3.05) is 53.2 Å². The normalized spacial score (nSPS) is 16.4. The molecule has 0 unspecified atom stereocenters. The van der Waals surface area contributed by atoms with E-state index in [9.17, 15) is 4.79 Å². The second-order valence-corrected chi connectivity index (χ2v) is 7.65. The number of carbonyl (C=O) groups is 1. The van der Waals surface area contributed by atoms with Crippen molar-refractivity contribution in [1.82, 2.24) is 15.1 Å². The van der Waals surface area contributed by atoms with Gasteiger partial charge in [0.2, 0.25) is 12.7 Å². The number of piperazine rings is 1. The molecule has 0 radical (unpaired) electrons. The number of benzene rings is 2. The van der Waals surface area contributed by atoms with Crippen molar-refractivity contribution >= 4 is 5.91 Å². The van der Waals surface area contributed by atoms with Gasteiger partial charge in [0.1, 0.15) is 5.75 Å². The molecular weight excluding hydrogens is 382 g/mol. The van der Waals surface area contributed by atoms with Crippen LogP contribution in [0.5, 0.6) is 17.2 Å². The fourth-order valence-corrected chi connectivity index (χ4v) is 3.91.